The number of rotatable bonds is 2. The van der Waals surface area contributed by atoms with Crippen LogP contribution in [0.4, 0.5) is 0 Å². The van der Waals surface area contributed by atoms with Gasteiger partial charge in [-0.05, 0) is 24.8 Å². The van der Waals surface area contributed by atoms with Crippen LogP contribution >= 0.6 is 0 Å². The molecule has 0 spiro atoms. The standard InChI is InChI=1S/C9H9NO2/c11-5-7-3-4-8(6-1-2-6)9(12)10-7/h3-6H,1-2H2,(H,10,12). The molecule has 62 valence electrons. The number of pyridine rings is 1. The Bertz CT molecular complexity index is 363. The number of carbonyl (C=O) groups excluding carboxylic acids is 1. The number of hydrogen-bond donors (Lipinski definition) is 1. The average molecular weight is 163 g/mol. The van der Waals surface area contributed by atoms with E-state index in [2.05, 4.69) is 4.98 Å². The van der Waals surface area contributed by atoms with Gasteiger partial charge in [-0.15, -0.1) is 0 Å². The maximum absolute atomic E-state index is 11.3. The highest BCUT2D eigenvalue weighted by Crippen LogP contribution is 2.37. The smallest absolute Gasteiger partial charge is 0.251 e. The molecule has 1 fully saturated rings. The van der Waals surface area contributed by atoms with Crippen molar-refractivity contribution >= 4 is 6.29 Å². The van der Waals surface area contributed by atoms with Crippen LogP contribution < -0.4 is 5.56 Å². The second kappa shape index (κ2) is 2.59. The second-order valence-corrected chi connectivity index (χ2v) is 3.09. The molecule has 0 unspecified atom stereocenters. The fourth-order valence-electron chi connectivity index (χ4n) is 1.28. The van der Waals surface area contributed by atoms with Gasteiger partial charge in [0.05, 0.1) is 5.69 Å². The van der Waals surface area contributed by atoms with Crippen LogP contribution in [0.2, 0.25) is 0 Å². The lowest BCUT2D eigenvalue weighted by atomic mass is 10.2. The fourth-order valence-corrected chi connectivity index (χ4v) is 1.28. The van der Waals surface area contributed by atoms with Crippen LogP contribution in [0, 0.1) is 0 Å². The van der Waals surface area contributed by atoms with E-state index >= 15 is 0 Å². The van der Waals surface area contributed by atoms with E-state index in [0.29, 0.717) is 17.9 Å². The van der Waals surface area contributed by atoms with Gasteiger partial charge in [-0.1, -0.05) is 6.07 Å². The van der Waals surface area contributed by atoms with Gasteiger partial charge in [-0.25, -0.2) is 0 Å². The topological polar surface area (TPSA) is 49.9 Å². The molecule has 12 heavy (non-hydrogen) atoms. The zero-order chi connectivity index (χ0) is 8.55. The molecule has 0 atom stereocenters. The molecular formula is C9H9NO2. The van der Waals surface area contributed by atoms with E-state index < -0.39 is 0 Å². The third-order valence-corrected chi connectivity index (χ3v) is 2.11. The minimum absolute atomic E-state index is 0.109. The Kier molecular flexibility index (Phi) is 1.57. The van der Waals surface area contributed by atoms with Crippen molar-refractivity contribution in [3.8, 4) is 0 Å². The van der Waals surface area contributed by atoms with E-state index in [1.54, 1.807) is 12.1 Å². The number of aromatic nitrogens is 1. The number of aldehydes is 1. The Morgan fingerprint density at radius 1 is 1.42 bits per heavy atom. The molecule has 1 aliphatic carbocycles. The zero-order valence-electron chi connectivity index (χ0n) is 6.54. The van der Waals surface area contributed by atoms with Gasteiger partial charge in [0.15, 0.2) is 6.29 Å². The molecule has 0 bridgehead atoms. The van der Waals surface area contributed by atoms with Crippen LogP contribution in [0.1, 0.15) is 34.8 Å². The summed E-state index contributed by atoms with van der Waals surface area (Å²) in [5.41, 5.74) is 1.06. The molecule has 1 aromatic heterocycles. The molecule has 1 N–H and O–H groups in total. The molecule has 0 radical (unpaired) electrons. The highest BCUT2D eigenvalue weighted by molar-refractivity contribution is 5.71. The summed E-state index contributed by atoms with van der Waals surface area (Å²) in [5, 5.41) is 0. The lowest BCUT2D eigenvalue weighted by Gasteiger charge is -1.95. The molecule has 1 aliphatic rings. The van der Waals surface area contributed by atoms with Crippen molar-refractivity contribution in [2.24, 2.45) is 0 Å². The third-order valence-electron chi connectivity index (χ3n) is 2.11. The van der Waals surface area contributed by atoms with Gasteiger partial charge < -0.3 is 4.98 Å². The first kappa shape index (κ1) is 7.28. The largest absolute Gasteiger partial charge is 0.319 e. The van der Waals surface area contributed by atoms with Gasteiger partial charge in [-0.3, -0.25) is 9.59 Å². The first-order chi connectivity index (χ1) is 5.81. The van der Waals surface area contributed by atoms with E-state index in [9.17, 15) is 9.59 Å². The Balaban J connectivity index is 2.45. The summed E-state index contributed by atoms with van der Waals surface area (Å²) in [7, 11) is 0. The van der Waals surface area contributed by atoms with Gasteiger partial charge in [0, 0.05) is 5.56 Å². The Labute approximate surface area is 69.4 Å². The van der Waals surface area contributed by atoms with E-state index in [-0.39, 0.29) is 5.56 Å². The van der Waals surface area contributed by atoms with Crippen molar-refractivity contribution in [3.63, 3.8) is 0 Å². The summed E-state index contributed by atoms with van der Waals surface area (Å²) in [4.78, 5) is 24.1. The van der Waals surface area contributed by atoms with Crippen LogP contribution in [-0.4, -0.2) is 11.3 Å². The molecule has 1 aromatic rings. The molecule has 3 nitrogen and oxygen atoms in total. The van der Waals surface area contributed by atoms with Crippen LogP contribution in [0.15, 0.2) is 16.9 Å². The van der Waals surface area contributed by atoms with Crippen molar-refractivity contribution in [3.05, 3.63) is 33.7 Å². The van der Waals surface area contributed by atoms with Gasteiger partial charge in [0.2, 0.25) is 0 Å². The van der Waals surface area contributed by atoms with Crippen molar-refractivity contribution in [1.82, 2.24) is 4.98 Å². The second-order valence-electron chi connectivity index (χ2n) is 3.09. The predicted molar refractivity (Wildman–Crippen MR) is 44.4 cm³/mol. The summed E-state index contributed by atoms with van der Waals surface area (Å²) < 4.78 is 0. The molecule has 1 saturated carbocycles. The number of hydrogen-bond acceptors (Lipinski definition) is 2. The van der Waals surface area contributed by atoms with Crippen molar-refractivity contribution < 1.29 is 4.79 Å². The highest BCUT2D eigenvalue weighted by atomic mass is 16.1. The lowest BCUT2D eigenvalue weighted by Crippen LogP contribution is -2.12. The summed E-state index contributed by atoms with van der Waals surface area (Å²) in [6.07, 6.45) is 2.85. The maximum Gasteiger partial charge on any atom is 0.251 e. The Morgan fingerprint density at radius 2 is 2.17 bits per heavy atom. The summed E-state index contributed by atoms with van der Waals surface area (Å²) in [6.45, 7) is 0. The number of nitrogens with one attached hydrogen (secondary N) is 1. The van der Waals surface area contributed by atoms with Crippen molar-refractivity contribution in [2.75, 3.05) is 0 Å². The molecule has 0 amide bonds. The molecule has 2 rings (SSSR count). The third kappa shape index (κ3) is 1.18. The van der Waals surface area contributed by atoms with E-state index in [0.717, 1.165) is 18.4 Å². The summed E-state index contributed by atoms with van der Waals surface area (Å²) in [6, 6.07) is 3.41. The molecule has 0 aromatic carbocycles. The fraction of sp³-hybridized carbons (Fsp3) is 0.333. The number of carbonyl (C=O) groups is 1. The van der Waals surface area contributed by atoms with Gasteiger partial charge in [0.1, 0.15) is 0 Å². The molecular weight excluding hydrogens is 154 g/mol. The quantitative estimate of drug-likeness (QED) is 0.663. The van der Waals surface area contributed by atoms with Gasteiger partial charge in [-0.2, -0.15) is 0 Å². The highest BCUT2D eigenvalue weighted by Gasteiger charge is 2.25. The number of H-pyrrole nitrogens is 1. The molecule has 1 heterocycles. The van der Waals surface area contributed by atoms with Gasteiger partial charge >= 0.3 is 0 Å². The lowest BCUT2D eigenvalue weighted by molar-refractivity contribution is 0.111. The van der Waals surface area contributed by atoms with E-state index in [1.165, 1.54) is 0 Å². The first-order valence-corrected chi connectivity index (χ1v) is 3.99. The molecule has 0 saturated heterocycles. The summed E-state index contributed by atoms with van der Waals surface area (Å²) in [5.74, 6) is 0.439. The number of aromatic amines is 1. The Hall–Kier alpha value is -1.38. The average Bonchev–Trinajstić information content (AvgIpc) is 2.87. The van der Waals surface area contributed by atoms with Crippen molar-refractivity contribution in [1.29, 1.82) is 0 Å². The minimum atomic E-state index is -0.109. The first-order valence-electron chi connectivity index (χ1n) is 3.99. The van der Waals surface area contributed by atoms with Crippen LogP contribution in [0.5, 0.6) is 0 Å². The van der Waals surface area contributed by atoms with Crippen LogP contribution in [-0.2, 0) is 0 Å². The molecule has 3 heteroatoms. The Morgan fingerprint density at radius 3 is 2.67 bits per heavy atom. The predicted octanol–water partition coefficient (Wildman–Crippen LogP) is 1.06. The minimum Gasteiger partial charge on any atom is -0.319 e. The SMILES string of the molecule is O=Cc1ccc(C2CC2)c(=O)[nH]1. The monoisotopic (exact) mass is 163 g/mol. The van der Waals surface area contributed by atoms with Gasteiger partial charge in [0.25, 0.3) is 5.56 Å². The zero-order valence-corrected chi connectivity index (χ0v) is 6.54. The van der Waals surface area contributed by atoms with E-state index in [1.807, 2.05) is 0 Å². The maximum atomic E-state index is 11.3. The normalized spacial score (nSPS) is 16.0. The van der Waals surface area contributed by atoms with Crippen molar-refractivity contribution in [2.45, 2.75) is 18.8 Å². The van der Waals surface area contributed by atoms with Crippen LogP contribution in [0.3, 0.4) is 0 Å². The molecule has 0 aliphatic heterocycles. The van der Waals surface area contributed by atoms with Crippen LogP contribution in [0.25, 0.3) is 0 Å². The summed E-state index contributed by atoms with van der Waals surface area (Å²) >= 11 is 0. The van der Waals surface area contributed by atoms with E-state index in [4.69, 9.17) is 0 Å².